The number of hydrogen-bond donors (Lipinski definition) is 1. The molecule has 0 unspecified atom stereocenters. The SMILES string of the molecule is OCc1cccc([N+]23CC2C3)c1. The van der Waals surface area contributed by atoms with Gasteiger partial charge in [-0.25, -0.2) is 0 Å². The third-order valence-corrected chi connectivity index (χ3v) is 3.11. The number of aliphatic hydroxyl groups is 1. The quantitative estimate of drug-likeness (QED) is 0.505. The highest BCUT2D eigenvalue weighted by Gasteiger charge is 2.75. The molecule has 0 spiro atoms. The van der Waals surface area contributed by atoms with Crippen LogP contribution < -0.4 is 4.48 Å². The Labute approximate surface area is 71.6 Å². The maximum Gasteiger partial charge on any atom is 0.194 e. The summed E-state index contributed by atoms with van der Waals surface area (Å²) < 4.78 is 1.20. The van der Waals surface area contributed by atoms with Gasteiger partial charge in [0, 0.05) is 6.07 Å². The predicted octanol–water partition coefficient (Wildman–Crippen LogP) is 0.882. The number of benzene rings is 1. The molecule has 2 aliphatic rings. The fraction of sp³-hybridized carbons (Fsp3) is 0.400. The van der Waals surface area contributed by atoms with E-state index in [1.807, 2.05) is 12.1 Å². The standard InChI is InChI=1S/C10H12NO/c12-7-8-2-1-3-9(4-8)11-5-10(11)6-11/h1-4,10,12H,5-7H2/q+1. The number of aliphatic hydroxyl groups excluding tert-OH is 1. The van der Waals surface area contributed by atoms with E-state index in [1.165, 1.54) is 23.3 Å². The molecular weight excluding hydrogens is 150 g/mol. The number of nitrogens with zero attached hydrogens (tertiary/aromatic N) is 1. The Balaban J connectivity index is 2.00. The van der Waals surface area contributed by atoms with Crippen molar-refractivity contribution in [3.63, 3.8) is 0 Å². The van der Waals surface area contributed by atoms with Crippen LogP contribution >= 0.6 is 0 Å². The van der Waals surface area contributed by atoms with Crippen LogP contribution in [0.15, 0.2) is 24.3 Å². The number of hydrogen-bond acceptors (Lipinski definition) is 1. The lowest BCUT2D eigenvalue weighted by Gasteiger charge is -2.04. The van der Waals surface area contributed by atoms with Gasteiger partial charge in [0.05, 0.1) is 6.61 Å². The molecule has 2 saturated heterocycles. The van der Waals surface area contributed by atoms with Gasteiger partial charge in [0.2, 0.25) is 0 Å². The average Bonchev–Trinajstić information content (AvgIpc) is 2.91. The third-order valence-electron chi connectivity index (χ3n) is 3.11. The molecule has 0 aromatic heterocycles. The van der Waals surface area contributed by atoms with Crippen molar-refractivity contribution < 1.29 is 5.11 Å². The summed E-state index contributed by atoms with van der Waals surface area (Å²) in [5.74, 6) is 0. The van der Waals surface area contributed by atoms with Gasteiger partial charge in [-0.2, -0.15) is 0 Å². The normalized spacial score (nSPS) is 35.9. The Bertz CT molecular complexity index is 328. The van der Waals surface area contributed by atoms with Crippen molar-refractivity contribution in [1.29, 1.82) is 0 Å². The zero-order valence-corrected chi connectivity index (χ0v) is 6.90. The van der Waals surface area contributed by atoms with Crippen molar-refractivity contribution in [2.45, 2.75) is 12.6 Å². The van der Waals surface area contributed by atoms with Crippen LogP contribution in [-0.4, -0.2) is 24.2 Å². The van der Waals surface area contributed by atoms with Crippen molar-refractivity contribution in [2.24, 2.45) is 0 Å². The lowest BCUT2D eigenvalue weighted by atomic mass is 10.2. The van der Waals surface area contributed by atoms with Crippen LogP contribution in [0.5, 0.6) is 0 Å². The van der Waals surface area contributed by atoms with E-state index < -0.39 is 0 Å². The van der Waals surface area contributed by atoms with Crippen LogP contribution in [0.3, 0.4) is 0 Å². The molecule has 0 atom stereocenters. The van der Waals surface area contributed by atoms with E-state index in [9.17, 15) is 0 Å². The van der Waals surface area contributed by atoms with Gasteiger partial charge in [0.15, 0.2) is 6.04 Å². The molecule has 1 N–H and O–H groups in total. The number of quaternary nitrogens is 1. The average molecular weight is 162 g/mol. The van der Waals surface area contributed by atoms with E-state index in [0.717, 1.165) is 11.6 Å². The van der Waals surface area contributed by atoms with Crippen molar-refractivity contribution in [3.05, 3.63) is 29.8 Å². The maximum absolute atomic E-state index is 8.95. The summed E-state index contributed by atoms with van der Waals surface area (Å²) in [5, 5.41) is 8.95. The van der Waals surface area contributed by atoms with E-state index in [2.05, 4.69) is 12.1 Å². The molecule has 2 aliphatic heterocycles. The topological polar surface area (TPSA) is 20.2 Å². The second kappa shape index (κ2) is 1.90. The molecule has 1 aromatic carbocycles. The van der Waals surface area contributed by atoms with Gasteiger partial charge >= 0.3 is 0 Å². The van der Waals surface area contributed by atoms with Crippen molar-refractivity contribution in [2.75, 3.05) is 13.1 Å². The monoisotopic (exact) mass is 162 g/mol. The summed E-state index contributed by atoms with van der Waals surface area (Å²) in [6.45, 7) is 2.82. The Morgan fingerprint density at radius 1 is 1.42 bits per heavy atom. The van der Waals surface area contributed by atoms with Gasteiger partial charge in [0.1, 0.15) is 18.8 Å². The predicted molar refractivity (Wildman–Crippen MR) is 47.7 cm³/mol. The highest BCUT2D eigenvalue weighted by molar-refractivity contribution is 5.58. The molecule has 0 radical (unpaired) electrons. The smallest absolute Gasteiger partial charge is 0.194 e. The molecule has 2 fully saturated rings. The van der Waals surface area contributed by atoms with E-state index >= 15 is 0 Å². The van der Waals surface area contributed by atoms with Gasteiger partial charge < -0.3 is 5.11 Å². The molecule has 0 saturated carbocycles. The second-order valence-electron chi connectivity index (χ2n) is 3.88. The minimum absolute atomic E-state index is 0.165. The van der Waals surface area contributed by atoms with Crippen LogP contribution in [0.4, 0.5) is 5.69 Å². The molecule has 1 aromatic rings. The van der Waals surface area contributed by atoms with Crippen molar-refractivity contribution in [1.82, 2.24) is 4.48 Å². The van der Waals surface area contributed by atoms with Gasteiger partial charge in [-0.05, 0) is 11.6 Å². The summed E-state index contributed by atoms with van der Waals surface area (Å²) in [4.78, 5) is 0. The largest absolute Gasteiger partial charge is 0.392 e. The fourth-order valence-electron chi connectivity index (χ4n) is 1.96. The molecule has 2 heterocycles. The van der Waals surface area contributed by atoms with Crippen LogP contribution in [-0.2, 0) is 6.61 Å². The zero-order valence-electron chi connectivity index (χ0n) is 6.90. The number of fused-ring (bicyclic) bond motifs is 1. The Morgan fingerprint density at radius 2 is 2.17 bits per heavy atom. The first-order valence-electron chi connectivity index (χ1n) is 4.42. The third kappa shape index (κ3) is 0.713. The van der Waals surface area contributed by atoms with E-state index in [4.69, 9.17) is 5.11 Å². The first-order chi connectivity index (χ1) is 5.85. The number of rotatable bonds is 2. The second-order valence-corrected chi connectivity index (χ2v) is 3.88. The highest BCUT2D eigenvalue weighted by atomic mass is 16.3. The summed E-state index contributed by atoms with van der Waals surface area (Å²) in [6, 6.07) is 9.25. The summed E-state index contributed by atoms with van der Waals surface area (Å²) >= 11 is 0. The minimum Gasteiger partial charge on any atom is -0.392 e. The molecule has 0 bridgehead atoms. The first kappa shape index (κ1) is 6.63. The fourth-order valence-corrected chi connectivity index (χ4v) is 1.96. The van der Waals surface area contributed by atoms with Gasteiger partial charge in [-0.3, -0.25) is 4.48 Å². The Kier molecular flexibility index (Phi) is 1.05. The molecule has 3 rings (SSSR count). The van der Waals surface area contributed by atoms with Crippen molar-refractivity contribution in [3.8, 4) is 0 Å². The lowest BCUT2D eigenvalue weighted by molar-refractivity contribution is 0.282. The van der Waals surface area contributed by atoms with Crippen LogP contribution in [0.25, 0.3) is 0 Å². The van der Waals surface area contributed by atoms with Crippen LogP contribution in [0.2, 0.25) is 0 Å². The lowest BCUT2D eigenvalue weighted by Crippen LogP contribution is -2.10. The molecule has 2 nitrogen and oxygen atoms in total. The molecule has 12 heavy (non-hydrogen) atoms. The van der Waals surface area contributed by atoms with Gasteiger partial charge in [-0.15, -0.1) is 0 Å². The minimum atomic E-state index is 0.165. The Hall–Kier alpha value is -0.860. The summed E-state index contributed by atoms with van der Waals surface area (Å²) in [6.07, 6.45) is 0. The summed E-state index contributed by atoms with van der Waals surface area (Å²) in [5.41, 5.74) is 2.43. The molecule has 0 aliphatic carbocycles. The zero-order chi connectivity index (χ0) is 8.18. The van der Waals surface area contributed by atoms with E-state index in [1.54, 1.807) is 0 Å². The van der Waals surface area contributed by atoms with Gasteiger partial charge in [0.25, 0.3) is 0 Å². The van der Waals surface area contributed by atoms with Crippen LogP contribution in [0, 0.1) is 0 Å². The van der Waals surface area contributed by atoms with Crippen LogP contribution in [0.1, 0.15) is 5.56 Å². The van der Waals surface area contributed by atoms with E-state index in [-0.39, 0.29) is 6.61 Å². The molecular formula is C10H12NO+. The summed E-state index contributed by atoms with van der Waals surface area (Å²) in [7, 11) is 0. The first-order valence-corrected chi connectivity index (χ1v) is 4.42. The van der Waals surface area contributed by atoms with Gasteiger partial charge in [-0.1, -0.05) is 12.1 Å². The highest BCUT2D eigenvalue weighted by Crippen LogP contribution is 2.52. The van der Waals surface area contributed by atoms with E-state index in [0.29, 0.717) is 0 Å². The maximum atomic E-state index is 8.95. The Morgan fingerprint density at radius 3 is 2.75 bits per heavy atom. The molecule has 2 heteroatoms. The molecule has 62 valence electrons. The van der Waals surface area contributed by atoms with Crippen molar-refractivity contribution >= 4 is 5.69 Å². The molecule has 0 amide bonds.